The maximum Gasteiger partial charge on any atom is 0.141 e. The number of rotatable bonds is 4. The summed E-state index contributed by atoms with van der Waals surface area (Å²) in [4.78, 5) is 12.5. The van der Waals surface area contributed by atoms with Crippen molar-refractivity contribution >= 4 is 31.0 Å². The third-order valence-corrected chi connectivity index (χ3v) is 3.87. The highest BCUT2D eigenvalue weighted by molar-refractivity contribution is 7.80. The van der Waals surface area contributed by atoms with Crippen molar-refractivity contribution in [3.05, 3.63) is 0 Å². The Morgan fingerprint density at radius 3 is 1.25 bits per heavy atom. The fourth-order valence-corrected chi connectivity index (χ4v) is 3.28. The Balaban J connectivity index is 5.01. The summed E-state index contributed by atoms with van der Waals surface area (Å²) < 4.78 is 0. The summed E-state index contributed by atoms with van der Waals surface area (Å²) in [5, 5.41) is 0. The van der Waals surface area contributed by atoms with Gasteiger partial charge < -0.3 is 0 Å². The Kier molecular flexibility index (Phi) is 5.95. The Morgan fingerprint density at radius 2 is 1.12 bits per heavy atom. The van der Waals surface area contributed by atoms with Crippen LogP contribution in [0.1, 0.15) is 41.5 Å². The van der Waals surface area contributed by atoms with Gasteiger partial charge in [0, 0.05) is 23.3 Å². The molecule has 0 aliphatic carbocycles. The van der Waals surface area contributed by atoms with Gasteiger partial charge in [-0.25, -0.2) is 0 Å². The molecule has 0 aromatic carbocycles. The topological polar surface area (TPSA) is 17.1 Å². The van der Waals surface area contributed by atoms with Crippen LogP contribution in [0.3, 0.4) is 0 Å². The minimum Gasteiger partial charge on any atom is -0.299 e. The summed E-state index contributed by atoms with van der Waals surface area (Å²) in [6.45, 7) is 12.6. The summed E-state index contributed by atoms with van der Waals surface area (Å²) in [5.74, 6) is 1.55. The molecule has 0 rings (SSSR count). The molecule has 0 amide bonds. The van der Waals surface area contributed by atoms with Crippen molar-refractivity contribution in [2.24, 2.45) is 22.7 Å². The van der Waals surface area contributed by atoms with Gasteiger partial charge in [-0.2, -0.15) is 25.3 Å². The summed E-state index contributed by atoms with van der Waals surface area (Å²) in [6.07, 6.45) is 0. The van der Waals surface area contributed by atoms with E-state index in [-0.39, 0.29) is 22.7 Å². The second kappa shape index (κ2) is 5.81. The molecular weight excluding hydrogens is 236 g/mol. The number of Topliss-reactive ketones (excluding diaryl/α,β-unsaturated/α-hetero) is 1. The van der Waals surface area contributed by atoms with Gasteiger partial charge in [0.15, 0.2) is 0 Å². The van der Waals surface area contributed by atoms with Gasteiger partial charge in [-0.1, -0.05) is 41.5 Å². The monoisotopic (exact) mass is 262 g/mol. The van der Waals surface area contributed by atoms with Gasteiger partial charge in [0.1, 0.15) is 5.78 Å². The van der Waals surface area contributed by atoms with Crippen molar-refractivity contribution in [2.75, 3.05) is 11.5 Å². The van der Waals surface area contributed by atoms with Gasteiger partial charge >= 0.3 is 0 Å². The lowest BCUT2D eigenvalue weighted by Crippen LogP contribution is -2.40. The smallest absolute Gasteiger partial charge is 0.141 e. The predicted octanol–water partition coefficient (Wildman–Crippen LogP) is 3.74. The highest BCUT2D eigenvalue weighted by Gasteiger charge is 2.38. The highest BCUT2D eigenvalue weighted by Crippen LogP contribution is 2.36. The third-order valence-electron chi connectivity index (χ3n) is 3.14. The molecule has 0 saturated heterocycles. The zero-order valence-electron chi connectivity index (χ0n) is 11.4. The third kappa shape index (κ3) is 4.33. The minimum atomic E-state index is -0.0225. The second-order valence-corrected chi connectivity index (χ2v) is 7.34. The van der Waals surface area contributed by atoms with Crippen LogP contribution < -0.4 is 0 Å². The van der Waals surface area contributed by atoms with E-state index in [1.807, 2.05) is 0 Å². The van der Waals surface area contributed by atoms with Crippen molar-refractivity contribution in [1.82, 2.24) is 0 Å². The van der Waals surface area contributed by atoms with Gasteiger partial charge in [0.25, 0.3) is 0 Å². The number of hydrogen-bond donors (Lipinski definition) is 2. The zero-order chi connectivity index (χ0) is 13.1. The van der Waals surface area contributed by atoms with Crippen LogP contribution in [0.2, 0.25) is 0 Å². The average molecular weight is 262 g/mol. The van der Waals surface area contributed by atoms with Crippen molar-refractivity contribution in [3.8, 4) is 0 Å². The number of ketones is 1. The van der Waals surface area contributed by atoms with Gasteiger partial charge in [-0.05, 0) is 10.8 Å². The molecule has 0 spiro atoms. The Hall–Kier alpha value is 0.370. The van der Waals surface area contributed by atoms with Crippen molar-refractivity contribution < 1.29 is 4.79 Å². The first-order chi connectivity index (χ1) is 7.05. The number of hydrogen-bond acceptors (Lipinski definition) is 3. The molecule has 3 heteroatoms. The quantitative estimate of drug-likeness (QED) is 0.738. The molecule has 2 unspecified atom stereocenters. The van der Waals surface area contributed by atoms with E-state index in [4.69, 9.17) is 0 Å². The van der Waals surface area contributed by atoms with E-state index >= 15 is 0 Å². The molecular formula is C13H26OS2. The molecule has 0 aromatic heterocycles. The largest absolute Gasteiger partial charge is 0.299 e. The highest BCUT2D eigenvalue weighted by atomic mass is 32.1. The maximum absolute atomic E-state index is 12.5. The lowest BCUT2D eigenvalue weighted by Gasteiger charge is -2.36. The van der Waals surface area contributed by atoms with Crippen molar-refractivity contribution in [2.45, 2.75) is 41.5 Å². The Morgan fingerprint density at radius 1 is 0.875 bits per heavy atom. The number of thiol groups is 2. The normalized spacial score (nSPS) is 17.0. The molecule has 0 radical (unpaired) electrons. The standard InChI is InChI=1S/C13H26OS2/c1-12(2,3)9(7-15)11(14)10(8-16)13(4,5)6/h9-10,15-16H,7-8H2,1-6H3. The second-order valence-electron chi connectivity index (χ2n) is 6.60. The van der Waals surface area contributed by atoms with Crippen LogP contribution in [0, 0.1) is 22.7 Å². The molecule has 0 N–H and O–H groups in total. The van der Waals surface area contributed by atoms with Gasteiger partial charge in [-0.15, -0.1) is 0 Å². The van der Waals surface area contributed by atoms with Crippen LogP contribution >= 0.6 is 25.3 Å². The zero-order valence-corrected chi connectivity index (χ0v) is 13.2. The first-order valence-electron chi connectivity index (χ1n) is 5.81. The van der Waals surface area contributed by atoms with Crippen LogP contribution in [0.15, 0.2) is 0 Å². The van der Waals surface area contributed by atoms with E-state index in [0.717, 1.165) is 0 Å². The molecule has 0 aromatic rings. The molecule has 96 valence electrons. The molecule has 0 heterocycles. The summed E-state index contributed by atoms with van der Waals surface area (Å²) >= 11 is 8.66. The molecule has 0 saturated carbocycles. The molecule has 16 heavy (non-hydrogen) atoms. The summed E-state index contributed by atoms with van der Waals surface area (Å²) in [7, 11) is 0. The predicted molar refractivity (Wildman–Crippen MR) is 78.6 cm³/mol. The molecule has 0 fully saturated rings. The van der Waals surface area contributed by atoms with Crippen molar-refractivity contribution in [1.29, 1.82) is 0 Å². The first-order valence-corrected chi connectivity index (χ1v) is 7.07. The van der Waals surface area contributed by atoms with Gasteiger partial charge in [-0.3, -0.25) is 4.79 Å². The van der Waals surface area contributed by atoms with E-state index in [0.29, 0.717) is 17.3 Å². The van der Waals surface area contributed by atoms with Gasteiger partial charge in [0.2, 0.25) is 0 Å². The van der Waals surface area contributed by atoms with E-state index in [9.17, 15) is 4.79 Å². The Labute approximate surface area is 112 Å². The van der Waals surface area contributed by atoms with Crippen LogP contribution in [0.25, 0.3) is 0 Å². The minimum absolute atomic E-state index is 0.00667. The average Bonchev–Trinajstić information content (AvgIpc) is 2.00. The molecule has 0 aliphatic heterocycles. The summed E-state index contributed by atoms with van der Waals surface area (Å²) in [6, 6.07) is 0. The number of carbonyl (C=O) groups excluding carboxylic acids is 1. The fraction of sp³-hybridized carbons (Fsp3) is 0.923. The SMILES string of the molecule is CC(C)(C)C(CS)C(=O)C(CS)C(C)(C)C. The van der Waals surface area contributed by atoms with Gasteiger partial charge in [0.05, 0.1) is 0 Å². The number of carbonyl (C=O) groups is 1. The lowest BCUT2D eigenvalue weighted by atomic mass is 9.70. The maximum atomic E-state index is 12.5. The lowest BCUT2D eigenvalue weighted by molar-refractivity contribution is -0.131. The molecule has 0 bridgehead atoms. The van der Waals surface area contributed by atoms with Crippen LogP contribution in [0.5, 0.6) is 0 Å². The van der Waals surface area contributed by atoms with E-state index in [2.05, 4.69) is 66.8 Å². The van der Waals surface area contributed by atoms with E-state index < -0.39 is 0 Å². The molecule has 1 nitrogen and oxygen atoms in total. The van der Waals surface area contributed by atoms with Crippen LogP contribution in [-0.2, 0) is 4.79 Å². The van der Waals surface area contributed by atoms with Crippen molar-refractivity contribution in [3.63, 3.8) is 0 Å². The summed E-state index contributed by atoms with van der Waals surface area (Å²) in [5.41, 5.74) is -0.0451. The Bertz CT molecular complexity index is 211. The molecule has 0 aliphatic rings. The molecule has 2 atom stereocenters. The fourth-order valence-electron chi connectivity index (χ4n) is 1.82. The van der Waals surface area contributed by atoms with E-state index in [1.54, 1.807) is 0 Å². The first kappa shape index (κ1) is 16.4. The van der Waals surface area contributed by atoms with Crippen LogP contribution in [-0.4, -0.2) is 17.3 Å². The van der Waals surface area contributed by atoms with Crippen LogP contribution in [0.4, 0.5) is 0 Å². The van der Waals surface area contributed by atoms with E-state index in [1.165, 1.54) is 0 Å².